The number of rotatable bonds is 3. The van der Waals surface area contributed by atoms with Gasteiger partial charge in [0.2, 0.25) is 0 Å². The Morgan fingerprint density at radius 3 is 2.69 bits per heavy atom. The van der Waals surface area contributed by atoms with Crippen LogP contribution in [-0.4, -0.2) is 18.4 Å². The van der Waals surface area contributed by atoms with Crippen LogP contribution in [0.5, 0.6) is 5.75 Å². The molecule has 2 amide bonds. The Morgan fingerprint density at radius 1 is 1.08 bits per heavy atom. The van der Waals surface area contributed by atoms with Crippen LogP contribution in [-0.2, 0) is 4.79 Å². The zero-order chi connectivity index (χ0) is 18.5. The normalized spacial score (nSPS) is 12.8. The Balaban J connectivity index is 1.58. The molecule has 132 valence electrons. The first-order chi connectivity index (χ1) is 12.5. The van der Waals surface area contributed by atoms with Crippen molar-refractivity contribution in [1.82, 2.24) is 10.9 Å². The molecule has 0 fully saturated rings. The second-order valence-corrected chi connectivity index (χ2v) is 6.29. The Bertz CT molecular complexity index is 923. The molecular weight excluding hydrogens is 375 g/mol. The second-order valence-electron chi connectivity index (χ2n) is 5.45. The van der Waals surface area contributed by atoms with E-state index in [9.17, 15) is 9.59 Å². The van der Waals surface area contributed by atoms with Crippen molar-refractivity contribution in [2.45, 2.75) is 0 Å². The van der Waals surface area contributed by atoms with Gasteiger partial charge in [-0.05, 0) is 42.0 Å². The smallest absolute Gasteiger partial charge is 0.271 e. The van der Waals surface area contributed by atoms with E-state index < -0.39 is 11.8 Å². The summed E-state index contributed by atoms with van der Waals surface area (Å²) >= 11 is 11.9. The standard InChI is InChI=1S/C19H14Cl2N2O3/c20-14-6-7-17-13(10-14)9-12(11-26-17)5-8-18(24)22-23-19(25)15-3-1-2-4-16(15)21/h1-10H,11H2,(H,22,24)(H,23,25)/b8-5+. The molecule has 5 nitrogen and oxygen atoms in total. The van der Waals surface area contributed by atoms with Crippen molar-refractivity contribution in [2.75, 3.05) is 6.61 Å². The largest absolute Gasteiger partial charge is 0.488 e. The molecule has 7 heteroatoms. The Labute approximate surface area is 160 Å². The number of nitrogens with one attached hydrogen (secondary N) is 2. The van der Waals surface area contributed by atoms with Crippen LogP contribution in [0.4, 0.5) is 0 Å². The van der Waals surface area contributed by atoms with Crippen LogP contribution in [0.15, 0.2) is 60.2 Å². The van der Waals surface area contributed by atoms with Gasteiger partial charge in [0.05, 0.1) is 10.6 Å². The Kier molecular flexibility index (Phi) is 5.61. The SMILES string of the molecule is O=C(/C=C/C1=Cc2cc(Cl)ccc2OC1)NNC(=O)c1ccccc1Cl. The molecular formula is C19H14Cl2N2O3. The predicted octanol–water partition coefficient (Wildman–Crippen LogP) is 3.79. The molecule has 0 spiro atoms. The van der Waals surface area contributed by atoms with Crippen molar-refractivity contribution in [3.05, 3.63) is 81.4 Å². The van der Waals surface area contributed by atoms with Gasteiger partial charge in [-0.25, -0.2) is 0 Å². The quantitative estimate of drug-likeness (QED) is 0.620. The molecule has 2 N–H and O–H groups in total. The van der Waals surface area contributed by atoms with E-state index >= 15 is 0 Å². The van der Waals surface area contributed by atoms with Crippen molar-refractivity contribution in [3.8, 4) is 5.75 Å². The lowest BCUT2D eigenvalue weighted by Crippen LogP contribution is -2.40. The number of ether oxygens (including phenoxy) is 1. The van der Waals surface area contributed by atoms with Crippen molar-refractivity contribution in [2.24, 2.45) is 0 Å². The number of fused-ring (bicyclic) bond motifs is 1. The van der Waals surface area contributed by atoms with Crippen LogP contribution in [0.3, 0.4) is 0 Å². The van der Waals surface area contributed by atoms with Crippen molar-refractivity contribution in [3.63, 3.8) is 0 Å². The summed E-state index contributed by atoms with van der Waals surface area (Å²) in [4.78, 5) is 23.8. The maximum atomic E-state index is 12.0. The molecule has 26 heavy (non-hydrogen) atoms. The van der Waals surface area contributed by atoms with Gasteiger partial charge in [-0.3, -0.25) is 20.4 Å². The summed E-state index contributed by atoms with van der Waals surface area (Å²) in [7, 11) is 0. The minimum atomic E-state index is -0.499. The van der Waals surface area contributed by atoms with Gasteiger partial charge in [-0.2, -0.15) is 0 Å². The number of hydrogen-bond donors (Lipinski definition) is 2. The van der Waals surface area contributed by atoms with Crippen molar-refractivity contribution in [1.29, 1.82) is 0 Å². The first kappa shape index (κ1) is 18.0. The Hall–Kier alpha value is -2.76. The highest BCUT2D eigenvalue weighted by Gasteiger charge is 2.11. The molecule has 1 aliphatic rings. The van der Waals surface area contributed by atoms with Crippen molar-refractivity contribution < 1.29 is 14.3 Å². The lowest BCUT2D eigenvalue weighted by Gasteiger charge is -2.16. The summed E-state index contributed by atoms with van der Waals surface area (Å²) < 4.78 is 5.60. The molecule has 0 aromatic heterocycles. The highest BCUT2D eigenvalue weighted by molar-refractivity contribution is 6.33. The Morgan fingerprint density at radius 2 is 1.88 bits per heavy atom. The monoisotopic (exact) mass is 388 g/mol. The summed E-state index contributed by atoms with van der Waals surface area (Å²) in [6, 6.07) is 11.9. The molecule has 0 saturated carbocycles. The minimum absolute atomic E-state index is 0.273. The molecule has 0 atom stereocenters. The number of hydrogen-bond acceptors (Lipinski definition) is 3. The van der Waals surface area contributed by atoms with Crippen LogP contribution in [0, 0.1) is 0 Å². The summed E-state index contributed by atoms with van der Waals surface area (Å²) in [6.45, 7) is 0.338. The molecule has 1 aliphatic heterocycles. The van der Waals surface area contributed by atoms with Gasteiger partial charge in [-0.1, -0.05) is 41.4 Å². The van der Waals surface area contributed by atoms with Gasteiger partial charge in [-0.15, -0.1) is 0 Å². The van der Waals surface area contributed by atoms with Gasteiger partial charge in [0, 0.05) is 16.7 Å². The van der Waals surface area contributed by atoms with Crippen LogP contribution >= 0.6 is 23.2 Å². The van der Waals surface area contributed by atoms with E-state index in [0.717, 1.165) is 16.9 Å². The first-order valence-electron chi connectivity index (χ1n) is 7.69. The van der Waals surface area contributed by atoms with Crippen LogP contribution in [0.1, 0.15) is 15.9 Å². The third-order valence-corrected chi connectivity index (χ3v) is 4.14. The fourth-order valence-corrected chi connectivity index (χ4v) is 2.72. The van der Waals surface area contributed by atoms with E-state index in [1.165, 1.54) is 6.08 Å². The number of halogens is 2. The highest BCUT2D eigenvalue weighted by Crippen LogP contribution is 2.29. The predicted molar refractivity (Wildman–Crippen MR) is 101 cm³/mol. The van der Waals surface area contributed by atoms with E-state index in [0.29, 0.717) is 16.7 Å². The summed E-state index contributed by atoms with van der Waals surface area (Å²) in [6.07, 6.45) is 4.80. The maximum Gasteiger partial charge on any atom is 0.271 e. The lowest BCUT2D eigenvalue weighted by molar-refractivity contribution is -0.117. The van der Waals surface area contributed by atoms with Gasteiger partial charge in [0.1, 0.15) is 12.4 Å². The molecule has 0 unspecified atom stereocenters. The van der Waals surface area contributed by atoms with E-state index in [1.54, 1.807) is 48.5 Å². The van der Waals surface area contributed by atoms with Gasteiger partial charge < -0.3 is 4.74 Å². The molecule has 0 radical (unpaired) electrons. The lowest BCUT2D eigenvalue weighted by atomic mass is 10.1. The highest BCUT2D eigenvalue weighted by atomic mass is 35.5. The zero-order valence-electron chi connectivity index (χ0n) is 13.5. The van der Waals surface area contributed by atoms with E-state index in [2.05, 4.69) is 10.9 Å². The third kappa shape index (κ3) is 4.45. The van der Waals surface area contributed by atoms with Crippen LogP contribution in [0.2, 0.25) is 10.0 Å². The fourth-order valence-electron chi connectivity index (χ4n) is 2.32. The molecule has 2 aromatic rings. The minimum Gasteiger partial charge on any atom is -0.488 e. The number of carbonyl (C=O) groups excluding carboxylic acids is 2. The summed E-state index contributed by atoms with van der Waals surface area (Å²) in [5, 5.41) is 0.908. The van der Waals surface area contributed by atoms with Gasteiger partial charge >= 0.3 is 0 Å². The van der Waals surface area contributed by atoms with Gasteiger partial charge in [0.25, 0.3) is 11.8 Å². The third-order valence-electron chi connectivity index (χ3n) is 3.57. The van der Waals surface area contributed by atoms with Crippen LogP contribution < -0.4 is 15.6 Å². The average molecular weight is 389 g/mol. The molecule has 3 rings (SSSR count). The van der Waals surface area contributed by atoms with Crippen LogP contribution in [0.25, 0.3) is 6.08 Å². The number of carbonyl (C=O) groups is 2. The summed E-state index contributed by atoms with van der Waals surface area (Å²) in [5.41, 5.74) is 6.53. The molecule has 0 aliphatic carbocycles. The average Bonchev–Trinajstić information content (AvgIpc) is 2.64. The fraction of sp³-hybridized carbons (Fsp3) is 0.0526. The van der Waals surface area contributed by atoms with E-state index in [-0.39, 0.29) is 5.56 Å². The maximum absolute atomic E-state index is 12.0. The first-order valence-corrected chi connectivity index (χ1v) is 8.44. The number of benzene rings is 2. The number of hydrazine groups is 1. The molecule has 1 heterocycles. The number of amides is 2. The molecule has 2 aromatic carbocycles. The van der Waals surface area contributed by atoms with E-state index in [1.807, 2.05) is 6.08 Å². The zero-order valence-corrected chi connectivity index (χ0v) is 15.0. The summed E-state index contributed by atoms with van der Waals surface area (Å²) in [5.74, 6) is -0.243. The molecule has 0 bridgehead atoms. The van der Waals surface area contributed by atoms with Gasteiger partial charge in [0.15, 0.2) is 0 Å². The van der Waals surface area contributed by atoms with E-state index in [4.69, 9.17) is 27.9 Å². The second kappa shape index (κ2) is 8.08. The van der Waals surface area contributed by atoms with Crippen molar-refractivity contribution >= 4 is 41.1 Å². The topological polar surface area (TPSA) is 67.4 Å². The molecule has 0 saturated heterocycles.